The van der Waals surface area contributed by atoms with E-state index in [-0.39, 0.29) is 18.4 Å². The Labute approximate surface area is 179 Å². The molecule has 3 rings (SSSR count). The predicted octanol–water partition coefficient (Wildman–Crippen LogP) is 3.85. The highest BCUT2D eigenvalue weighted by molar-refractivity contribution is 7.98. The van der Waals surface area contributed by atoms with Crippen LogP contribution >= 0.6 is 34.7 Å². The minimum Gasteiger partial charge on any atom is -0.355 e. The second-order valence-corrected chi connectivity index (χ2v) is 11.3. The molecule has 28 heavy (non-hydrogen) atoms. The molecule has 0 spiro atoms. The lowest BCUT2D eigenvalue weighted by Gasteiger charge is -2.30. The Morgan fingerprint density at radius 2 is 2.07 bits per heavy atom. The molecule has 1 saturated heterocycles. The van der Waals surface area contributed by atoms with Crippen LogP contribution < -0.4 is 5.32 Å². The van der Waals surface area contributed by atoms with Crippen LogP contribution in [-0.4, -0.2) is 44.0 Å². The summed E-state index contributed by atoms with van der Waals surface area (Å²) in [5.41, 5.74) is 1.20. The molecule has 1 aromatic heterocycles. The molecule has 0 bridgehead atoms. The number of amides is 1. The van der Waals surface area contributed by atoms with Crippen LogP contribution in [0.5, 0.6) is 0 Å². The number of sulfonamides is 1. The fourth-order valence-corrected chi connectivity index (χ4v) is 6.69. The molecule has 2 heterocycles. The van der Waals surface area contributed by atoms with Gasteiger partial charge < -0.3 is 5.32 Å². The minimum absolute atomic E-state index is 0.0572. The summed E-state index contributed by atoms with van der Waals surface area (Å²) in [7, 11) is -3.49. The van der Waals surface area contributed by atoms with Crippen LogP contribution in [-0.2, 0) is 20.6 Å². The van der Waals surface area contributed by atoms with Crippen molar-refractivity contribution in [1.29, 1.82) is 0 Å². The first-order valence-corrected chi connectivity index (χ1v) is 13.0. The van der Waals surface area contributed by atoms with E-state index < -0.39 is 10.0 Å². The van der Waals surface area contributed by atoms with Gasteiger partial charge in [0.25, 0.3) is 10.0 Å². The van der Waals surface area contributed by atoms with E-state index in [2.05, 4.69) is 5.32 Å². The zero-order valence-corrected chi connectivity index (χ0v) is 18.5. The van der Waals surface area contributed by atoms with Crippen LogP contribution in [0.4, 0.5) is 0 Å². The van der Waals surface area contributed by atoms with Crippen molar-refractivity contribution >= 4 is 50.6 Å². The second kappa shape index (κ2) is 10.1. The van der Waals surface area contributed by atoms with Crippen molar-refractivity contribution in [3.8, 4) is 0 Å². The Morgan fingerprint density at radius 1 is 1.29 bits per heavy atom. The maximum atomic E-state index is 12.7. The average molecular weight is 459 g/mol. The van der Waals surface area contributed by atoms with Gasteiger partial charge in [0.15, 0.2) is 0 Å². The molecule has 0 unspecified atom stereocenters. The molecule has 0 radical (unpaired) electrons. The van der Waals surface area contributed by atoms with Crippen LogP contribution in [0.25, 0.3) is 0 Å². The first-order valence-electron chi connectivity index (χ1n) is 9.10. The number of benzene rings is 1. The van der Waals surface area contributed by atoms with Gasteiger partial charge in [0.1, 0.15) is 4.21 Å². The summed E-state index contributed by atoms with van der Waals surface area (Å²) in [4.78, 5) is 12.5. The SMILES string of the molecule is O=C(NCCSCc1ccc(Cl)cc1)[C@@H]1CCCN(S(=O)(=O)c2cccs2)C1. The third kappa shape index (κ3) is 5.73. The summed E-state index contributed by atoms with van der Waals surface area (Å²) >= 11 is 8.83. The zero-order valence-electron chi connectivity index (χ0n) is 15.3. The smallest absolute Gasteiger partial charge is 0.252 e. The Hall–Kier alpha value is -1.06. The van der Waals surface area contributed by atoms with Crippen LogP contribution in [0.1, 0.15) is 18.4 Å². The maximum absolute atomic E-state index is 12.7. The van der Waals surface area contributed by atoms with E-state index >= 15 is 0 Å². The molecule has 9 heteroatoms. The number of carbonyl (C=O) groups excluding carboxylic acids is 1. The lowest BCUT2D eigenvalue weighted by molar-refractivity contribution is -0.125. The average Bonchev–Trinajstić information content (AvgIpc) is 3.25. The molecule has 1 fully saturated rings. The lowest BCUT2D eigenvalue weighted by atomic mass is 9.99. The van der Waals surface area contributed by atoms with Crippen LogP contribution in [0.15, 0.2) is 46.0 Å². The lowest BCUT2D eigenvalue weighted by Crippen LogP contribution is -2.45. The van der Waals surface area contributed by atoms with Gasteiger partial charge in [-0.3, -0.25) is 4.79 Å². The third-order valence-electron chi connectivity index (χ3n) is 4.57. The van der Waals surface area contributed by atoms with E-state index in [0.717, 1.165) is 22.9 Å². The van der Waals surface area contributed by atoms with Crippen molar-refractivity contribution in [1.82, 2.24) is 9.62 Å². The summed E-state index contributed by atoms with van der Waals surface area (Å²) in [6.07, 6.45) is 1.42. The van der Waals surface area contributed by atoms with Crippen molar-refractivity contribution in [2.75, 3.05) is 25.4 Å². The summed E-state index contributed by atoms with van der Waals surface area (Å²) in [6, 6.07) is 11.1. The van der Waals surface area contributed by atoms with E-state index in [1.165, 1.54) is 21.2 Å². The number of rotatable bonds is 8. The maximum Gasteiger partial charge on any atom is 0.252 e. The molecule has 1 aliphatic heterocycles. The molecule has 0 saturated carbocycles. The first kappa shape index (κ1) is 21.6. The molecule has 152 valence electrons. The quantitative estimate of drug-likeness (QED) is 0.610. The van der Waals surface area contributed by atoms with Gasteiger partial charge in [0.2, 0.25) is 5.91 Å². The standard InChI is InChI=1S/C19H23ClN2O3S3/c20-17-7-5-15(6-8-17)14-26-12-9-21-19(23)16-3-1-10-22(13-16)28(24,25)18-4-2-11-27-18/h2,4-8,11,16H,1,3,9-10,12-14H2,(H,21,23)/t16-/m1/s1. The van der Waals surface area contributed by atoms with Gasteiger partial charge in [-0.15, -0.1) is 11.3 Å². The molecule has 2 aromatic rings. The Balaban J connectivity index is 1.42. The van der Waals surface area contributed by atoms with Gasteiger partial charge in [-0.25, -0.2) is 8.42 Å². The molecular weight excluding hydrogens is 436 g/mol. The van der Waals surface area contributed by atoms with Crippen molar-refractivity contribution in [3.63, 3.8) is 0 Å². The summed E-state index contributed by atoms with van der Waals surface area (Å²) in [5, 5.41) is 5.43. The van der Waals surface area contributed by atoms with Crippen molar-refractivity contribution < 1.29 is 13.2 Å². The summed E-state index contributed by atoms with van der Waals surface area (Å²) < 4.78 is 27.1. The largest absolute Gasteiger partial charge is 0.355 e. The molecule has 1 amide bonds. The second-order valence-electron chi connectivity index (χ2n) is 6.60. The van der Waals surface area contributed by atoms with Crippen LogP contribution in [0.3, 0.4) is 0 Å². The van der Waals surface area contributed by atoms with Gasteiger partial charge in [-0.2, -0.15) is 16.1 Å². The van der Waals surface area contributed by atoms with E-state index in [1.54, 1.807) is 29.3 Å². The highest BCUT2D eigenvalue weighted by Crippen LogP contribution is 2.26. The van der Waals surface area contributed by atoms with E-state index in [4.69, 9.17) is 11.6 Å². The highest BCUT2D eigenvalue weighted by atomic mass is 35.5. The molecular formula is C19H23ClN2O3S3. The van der Waals surface area contributed by atoms with Crippen LogP contribution in [0.2, 0.25) is 5.02 Å². The first-order chi connectivity index (χ1) is 13.5. The third-order valence-corrected chi connectivity index (χ3v) is 9.09. The number of hydrogen-bond acceptors (Lipinski definition) is 5. The van der Waals surface area contributed by atoms with Gasteiger partial charge in [0, 0.05) is 36.2 Å². The van der Waals surface area contributed by atoms with Gasteiger partial charge >= 0.3 is 0 Å². The monoisotopic (exact) mass is 458 g/mol. The van der Waals surface area contributed by atoms with Crippen molar-refractivity contribution in [2.45, 2.75) is 22.8 Å². The minimum atomic E-state index is -3.49. The van der Waals surface area contributed by atoms with Gasteiger partial charge in [-0.05, 0) is 42.0 Å². The normalized spacial score (nSPS) is 18.1. The number of carbonyl (C=O) groups is 1. The molecule has 1 aromatic carbocycles. The predicted molar refractivity (Wildman–Crippen MR) is 116 cm³/mol. The molecule has 1 aliphatic rings. The van der Waals surface area contributed by atoms with E-state index in [0.29, 0.717) is 23.7 Å². The van der Waals surface area contributed by atoms with Gasteiger partial charge in [-0.1, -0.05) is 29.8 Å². The molecule has 1 atom stereocenters. The number of nitrogens with one attached hydrogen (secondary N) is 1. The highest BCUT2D eigenvalue weighted by Gasteiger charge is 2.33. The number of nitrogens with zero attached hydrogens (tertiary/aromatic N) is 1. The van der Waals surface area contributed by atoms with Crippen molar-refractivity contribution in [3.05, 3.63) is 52.4 Å². The fraction of sp³-hybridized carbons (Fsp3) is 0.421. The molecule has 1 N–H and O–H groups in total. The summed E-state index contributed by atoms with van der Waals surface area (Å²) in [6.45, 7) is 1.30. The topological polar surface area (TPSA) is 66.5 Å². The van der Waals surface area contributed by atoms with Crippen LogP contribution in [0, 0.1) is 5.92 Å². The Morgan fingerprint density at radius 3 is 2.79 bits per heavy atom. The van der Waals surface area contributed by atoms with E-state index in [1.807, 2.05) is 24.3 Å². The van der Waals surface area contributed by atoms with Crippen molar-refractivity contribution in [2.24, 2.45) is 5.92 Å². The number of thiophene rings is 1. The Kier molecular flexibility index (Phi) is 7.82. The van der Waals surface area contributed by atoms with Gasteiger partial charge in [0.05, 0.1) is 5.92 Å². The number of piperidine rings is 1. The van der Waals surface area contributed by atoms with E-state index in [9.17, 15) is 13.2 Å². The summed E-state index contributed by atoms with van der Waals surface area (Å²) in [5.74, 6) is 1.32. The Bertz CT molecular complexity index is 870. The number of halogens is 1. The number of hydrogen-bond donors (Lipinski definition) is 1. The zero-order chi connectivity index (χ0) is 20.0. The molecule has 5 nitrogen and oxygen atoms in total. The molecule has 0 aliphatic carbocycles. The number of thioether (sulfide) groups is 1. The fourth-order valence-electron chi connectivity index (χ4n) is 3.07.